The van der Waals surface area contributed by atoms with Crippen molar-refractivity contribution in [3.8, 4) is 22.6 Å². The molecule has 0 aliphatic carbocycles. The lowest BCUT2D eigenvalue weighted by molar-refractivity contribution is 0.435. The van der Waals surface area contributed by atoms with Crippen molar-refractivity contribution in [1.29, 1.82) is 0 Å². The second-order valence-corrected chi connectivity index (χ2v) is 5.77. The highest BCUT2D eigenvalue weighted by molar-refractivity contribution is 5.80. The van der Waals surface area contributed by atoms with Crippen molar-refractivity contribution in [2.45, 2.75) is 0 Å². The molecule has 0 N–H and O–H groups in total. The van der Waals surface area contributed by atoms with Crippen LogP contribution >= 0.6 is 0 Å². The fourth-order valence-electron chi connectivity index (χ4n) is 2.77. The van der Waals surface area contributed by atoms with Crippen molar-refractivity contribution in [2.75, 3.05) is 0 Å². The van der Waals surface area contributed by atoms with Crippen LogP contribution in [0.5, 0.6) is 0 Å². The van der Waals surface area contributed by atoms with E-state index in [4.69, 9.17) is 4.52 Å². The van der Waals surface area contributed by atoms with Crippen molar-refractivity contribution in [2.24, 2.45) is 0 Å². The van der Waals surface area contributed by atoms with Gasteiger partial charge < -0.3 is 4.52 Å². The Kier molecular flexibility index (Phi) is 4.25. The van der Waals surface area contributed by atoms with Crippen molar-refractivity contribution < 1.29 is 4.52 Å². The maximum atomic E-state index is 5.55. The minimum absolute atomic E-state index is 0.775. The molecule has 0 aliphatic heterocycles. The summed E-state index contributed by atoms with van der Waals surface area (Å²) in [4.78, 5) is 0. The van der Waals surface area contributed by atoms with Gasteiger partial charge in [0.1, 0.15) is 5.69 Å². The van der Waals surface area contributed by atoms with Crippen LogP contribution in [0, 0.1) is 0 Å². The van der Waals surface area contributed by atoms with Gasteiger partial charge in [-0.25, -0.2) is 0 Å². The Bertz CT molecular complexity index is 985. The van der Waals surface area contributed by atoms with Gasteiger partial charge in [0.2, 0.25) is 0 Å². The average molecular weight is 323 g/mol. The summed E-state index contributed by atoms with van der Waals surface area (Å²) in [5.74, 6) is 0.775. The van der Waals surface area contributed by atoms with Gasteiger partial charge in [-0.1, -0.05) is 102 Å². The molecule has 0 saturated carbocycles. The minimum atomic E-state index is 0.775. The zero-order valence-corrected chi connectivity index (χ0v) is 13.7. The third kappa shape index (κ3) is 3.43. The summed E-state index contributed by atoms with van der Waals surface area (Å²) in [7, 11) is 0. The molecule has 25 heavy (non-hydrogen) atoms. The van der Waals surface area contributed by atoms with E-state index in [1.807, 2.05) is 66.7 Å². The first kappa shape index (κ1) is 15.2. The number of hydrogen-bond acceptors (Lipinski definition) is 2. The van der Waals surface area contributed by atoms with Crippen LogP contribution in [0.25, 0.3) is 34.7 Å². The van der Waals surface area contributed by atoms with E-state index in [0.29, 0.717) is 0 Å². The van der Waals surface area contributed by atoms with Crippen LogP contribution in [-0.4, -0.2) is 5.16 Å². The first-order chi connectivity index (χ1) is 12.4. The molecular formula is C23H17NO. The van der Waals surface area contributed by atoms with Gasteiger partial charge in [0.15, 0.2) is 5.76 Å². The lowest BCUT2D eigenvalue weighted by Gasteiger charge is -2.01. The molecule has 4 rings (SSSR count). The molecule has 0 unspecified atom stereocenters. The Hall–Kier alpha value is -3.39. The molecule has 1 heterocycles. The van der Waals surface area contributed by atoms with Crippen LogP contribution in [0.2, 0.25) is 0 Å². The molecule has 0 amide bonds. The molecule has 0 aliphatic rings. The quantitative estimate of drug-likeness (QED) is 0.419. The van der Waals surface area contributed by atoms with Gasteiger partial charge in [-0.05, 0) is 11.1 Å². The Morgan fingerprint density at radius 3 is 2.16 bits per heavy atom. The highest BCUT2D eigenvalue weighted by Gasteiger charge is 2.10. The molecule has 120 valence electrons. The zero-order valence-electron chi connectivity index (χ0n) is 13.7. The number of aromatic nitrogens is 1. The standard InChI is InChI=1S/C23H17NO/c1-3-9-18(10-4-1)15-16-19-11-7-8-14-21(19)22-17-23(25-24-22)20-12-5-2-6-13-20/h1-17H. The molecule has 3 aromatic carbocycles. The van der Waals surface area contributed by atoms with Crippen LogP contribution in [0.1, 0.15) is 11.1 Å². The van der Waals surface area contributed by atoms with E-state index in [2.05, 4.69) is 41.6 Å². The van der Waals surface area contributed by atoms with Crippen LogP contribution in [0.3, 0.4) is 0 Å². The first-order valence-corrected chi connectivity index (χ1v) is 8.25. The maximum Gasteiger partial charge on any atom is 0.167 e. The van der Waals surface area contributed by atoms with E-state index < -0.39 is 0 Å². The average Bonchev–Trinajstić information content (AvgIpc) is 3.18. The number of nitrogens with zero attached hydrogens (tertiary/aromatic N) is 1. The van der Waals surface area contributed by atoms with Crippen molar-refractivity contribution >= 4 is 12.2 Å². The molecule has 0 spiro atoms. The lowest BCUT2D eigenvalue weighted by atomic mass is 10.0. The molecule has 1 aromatic heterocycles. The maximum absolute atomic E-state index is 5.55. The number of hydrogen-bond donors (Lipinski definition) is 0. The molecule has 0 atom stereocenters. The Balaban J connectivity index is 1.68. The van der Waals surface area contributed by atoms with Crippen molar-refractivity contribution in [1.82, 2.24) is 5.16 Å². The summed E-state index contributed by atoms with van der Waals surface area (Å²) < 4.78 is 5.55. The monoisotopic (exact) mass is 323 g/mol. The predicted octanol–water partition coefficient (Wildman–Crippen LogP) is 6.18. The molecule has 2 heteroatoms. The van der Waals surface area contributed by atoms with Gasteiger partial charge in [-0.2, -0.15) is 0 Å². The van der Waals surface area contributed by atoms with E-state index >= 15 is 0 Å². The van der Waals surface area contributed by atoms with Gasteiger partial charge in [-0.15, -0.1) is 0 Å². The zero-order chi connectivity index (χ0) is 16.9. The van der Waals surface area contributed by atoms with Crippen LogP contribution in [0.15, 0.2) is 95.5 Å². The first-order valence-electron chi connectivity index (χ1n) is 8.25. The highest BCUT2D eigenvalue weighted by Crippen LogP contribution is 2.29. The van der Waals surface area contributed by atoms with E-state index in [9.17, 15) is 0 Å². The summed E-state index contributed by atoms with van der Waals surface area (Å²) in [6, 6.07) is 30.5. The van der Waals surface area contributed by atoms with Gasteiger partial charge in [0, 0.05) is 17.2 Å². The Morgan fingerprint density at radius 1 is 0.680 bits per heavy atom. The Morgan fingerprint density at radius 2 is 1.36 bits per heavy atom. The third-order valence-electron chi connectivity index (χ3n) is 4.06. The van der Waals surface area contributed by atoms with Crippen LogP contribution in [0.4, 0.5) is 0 Å². The van der Waals surface area contributed by atoms with Crippen molar-refractivity contribution in [3.05, 3.63) is 102 Å². The van der Waals surface area contributed by atoms with Crippen molar-refractivity contribution in [3.63, 3.8) is 0 Å². The Labute approximate surface area is 147 Å². The number of rotatable bonds is 4. The minimum Gasteiger partial charge on any atom is -0.356 e. The molecule has 0 saturated heterocycles. The lowest BCUT2D eigenvalue weighted by Crippen LogP contribution is -1.82. The van der Waals surface area contributed by atoms with E-state index in [-0.39, 0.29) is 0 Å². The second kappa shape index (κ2) is 7.02. The second-order valence-electron chi connectivity index (χ2n) is 5.77. The summed E-state index contributed by atoms with van der Waals surface area (Å²) >= 11 is 0. The molecule has 0 fully saturated rings. The molecule has 0 radical (unpaired) electrons. The van der Waals surface area contributed by atoms with Gasteiger partial charge in [-0.3, -0.25) is 0 Å². The molecule has 2 nitrogen and oxygen atoms in total. The highest BCUT2D eigenvalue weighted by atomic mass is 16.5. The van der Waals surface area contributed by atoms with Gasteiger partial charge in [0.05, 0.1) is 0 Å². The van der Waals surface area contributed by atoms with Crippen LogP contribution in [-0.2, 0) is 0 Å². The fraction of sp³-hybridized carbons (Fsp3) is 0. The summed E-state index contributed by atoms with van der Waals surface area (Å²) in [5, 5.41) is 4.27. The van der Waals surface area contributed by atoms with E-state index in [0.717, 1.165) is 28.1 Å². The van der Waals surface area contributed by atoms with Gasteiger partial charge >= 0.3 is 0 Å². The third-order valence-corrected chi connectivity index (χ3v) is 4.06. The summed E-state index contributed by atoms with van der Waals surface area (Å²) in [6.07, 6.45) is 4.22. The van der Waals surface area contributed by atoms with E-state index in [1.54, 1.807) is 0 Å². The smallest absolute Gasteiger partial charge is 0.167 e. The van der Waals surface area contributed by atoms with Crippen LogP contribution < -0.4 is 0 Å². The number of benzene rings is 3. The molecule has 4 aromatic rings. The normalized spacial score (nSPS) is 11.0. The molecule has 0 bridgehead atoms. The summed E-state index contributed by atoms with van der Waals surface area (Å²) in [6.45, 7) is 0. The molecular weight excluding hydrogens is 306 g/mol. The summed E-state index contributed by atoms with van der Waals surface area (Å²) in [5.41, 5.74) is 5.20. The fourth-order valence-corrected chi connectivity index (χ4v) is 2.77. The largest absolute Gasteiger partial charge is 0.356 e. The SMILES string of the molecule is C(=Cc1ccccc1-c1cc(-c2ccccc2)on1)c1ccccc1. The topological polar surface area (TPSA) is 26.0 Å². The van der Waals surface area contributed by atoms with Gasteiger partial charge in [0.25, 0.3) is 0 Å². The predicted molar refractivity (Wildman–Crippen MR) is 103 cm³/mol. The van der Waals surface area contributed by atoms with E-state index in [1.165, 1.54) is 5.56 Å².